The van der Waals surface area contributed by atoms with Gasteiger partial charge in [-0.3, -0.25) is 0 Å². The molecule has 5 heteroatoms. The first-order valence-corrected chi connectivity index (χ1v) is 20.2. The van der Waals surface area contributed by atoms with Crippen molar-refractivity contribution in [1.29, 1.82) is 0 Å². The van der Waals surface area contributed by atoms with Crippen LogP contribution < -0.4 is 24.8 Å². The van der Waals surface area contributed by atoms with Gasteiger partial charge in [-0.05, 0) is 0 Å². The number of fused-ring (bicyclic) bond motifs is 8. The predicted molar refractivity (Wildman–Crippen MR) is 195 cm³/mol. The van der Waals surface area contributed by atoms with Gasteiger partial charge in [0.15, 0.2) is 0 Å². The topological polar surface area (TPSA) is 0 Å². The quantitative estimate of drug-likeness (QED) is 0.170. The summed E-state index contributed by atoms with van der Waals surface area (Å²) < 4.78 is 0.989. The first-order valence-electron chi connectivity index (χ1n) is 15.7. The van der Waals surface area contributed by atoms with Gasteiger partial charge >= 0.3 is 275 Å². The Morgan fingerprint density at radius 3 is 1.02 bits per heavy atom. The molecule has 2 aliphatic rings. The molecule has 2 aromatic heterocycles. The summed E-state index contributed by atoms with van der Waals surface area (Å²) in [6.07, 6.45) is 5.20. The van der Waals surface area contributed by atoms with Crippen molar-refractivity contribution in [3.8, 4) is 0 Å². The monoisotopic (exact) mass is 712 g/mol. The zero-order chi connectivity index (χ0) is 29.5. The number of rotatable bonds is 4. The maximum Gasteiger partial charge on any atom is -1.00 e. The summed E-state index contributed by atoms with van der Waals surface area (Å²) in [5.41, 5.74) is 5.98. The normalized spacial score (nSPS) is 16.3. The molecule has 2 atom stereocenters. The smallest absolute Gasteiger partial charge is 1.00 e. The van der Waals surface area contributed by atoms with E-state index in [1.807, 2.05) is 0 Å². The van der Waals surface area contributed by atoms with Crippen LogP contribution in [0.15, 0.2) is 146 Å². The van der Waals surface area contributed by atoms with E-state index in [2.05, 4.69) is 158 Å². The van der Waals surface area contributed by atoms with E-state index in [0.29, 0.717) is 8.45 Å². The van der Waals surface area contributed by atoms with Gasteiger partial charge in [-0.2, -0.15) is 0 Å². The van der Waals surface area contributed by atoms with Gasteiger partial charge in [0.2, 0.25) is 0 Å². The summed E-state index contributed by atoms with van der Waals surface area (Å²) in [6, 6.07) is 55.4. The molecule has 0 N–H and O–H groups in total. The van der Waals surface area contributed by atoms with Gasteiger partial charge in [-0.15, -0.1) is 0 Å². The SMILES string of the molecule is C1=C(p2c3ccccc3c3ccccc32)[CH]([Ti+2][CH]2C(p3c4ccccc4c4ccccc43)=Cc3ccccc32)c2ccccc21.[Cl-].[Cl-]. The third kappa shape index (κ3) is 4.70. The Morgan fingerprint density at radius 2 is 0.660 bits per heavy atom. The molecule has 6 aromatic carbocycles. The van der Waals surface area contributed by atoms with Gasteiger partial charge in [-0.25, -0.2) is 0 Å². The van der Waals surface area contributed by atoms with E-state index in [9.17, 15) is 0 Å². The van der Waals surface area contributed by atoms with Crippen molar-refractivity contribution >= 4 is 79.9 Å². The molecular formula is C42H28Cl2P2Ti. The minimum Gasteiger partial charge on any atom is -1.00 e. The fourth-order valence-corrected chi connectivity index (χ4v) is 18.1. The molecule has 224 valence electrons. The molecule has 0 saturated carbocycles. The van der Waals surface area contributed by atoms with Gasteiger partial charge in [-0.1, -0.05) is 0 Å². The summed E-state index contributed by atoms with van der Waals surface area (Å²) >= 11 is -0.539. The van der Waals surface area contributed by atoms with Crippen LogP contribution in [0.5, 0.6) is 0 Å². The fraction of sp³-hybridized carbons (Fsp3) is 0.0476. The number of hydrogen-bond donors (Lipinski definition) is 0. The van der Waals surface area contributed by atoms with Crippen LogP contribution in [-0.2, 0) is 19.2 Å². The Labute approximate surface area is 298 Å². The van der Waals surface area contributed by atoms with Crippen molar-refractivity contribution in [2.45, 2.75) is 8.45 Å². The van der Waals surface area contributed by atoms with Crippen LogP contribution in [0, 0.1) is 0 Å². The number of allylic oxidation sites excluding steroid dienone is 2. The molecule has 47 heavy (non-hydrogen) atoms. The van der Waals surface area contributed by atoms with Crippen LogP contribution in [0.3, 0.4) is 0 Å². The van der Waals surface area contributed by atoms with E-state index in [1.54, 1.807) is 21.8 Å². The first kappa shape index (κ1) is 31.0. The Kier molecular flexibility index (Phi) is 8.11. The van der Waals surface area contributed by atoms with Crippen molar-refractivity contribution in [1.82, 2.24) is 0 Å². The minimum atomic E-state index is -0.582. The molecular weight excluding hydrogens is 685 g/mol. The second-order valence-electron chi connectivity index (χ2n) is 12.2. The molecule has 10 rings (SSSR count). The summed E-state index contributed by atoms with van der Waals surface area (Å²) in [7, 11) is -1.16. The van der Waals surface area contributed by atoms with E-state index < -0.39 is 34.2 Å². The van der Waals surface area contributed by atoms with Crippen molar-refractivity contribution in [2.75, 3.05) is 0 Å². The standard InChI is InChI=1S/2C21H14P.2ClH.Ti/c2*1-2-8-16-14-17(13-15(16)7-1)22-20-11-5-3-9-18(20)19-10-4-6-12-21(19)22;;;/h2*1-14H;2*1H;/q;;;;+2/p-2. The first-order chi connectivity index (χ1) is 22.3. The number of halogens is 2. The van der Waals surface area contributed by atoms with E-state index in [-0.39, 0.29) is 24.8 Å². The molecule has 0 bridgehead atoms. The second-order valence-corrected chi connectivity index (χ2v) is 18.8. The molecule has 0 fully saturated rings. The number of benzene rings is 6. The Hall–Kier alpha value is -3.31. The predicted octanol–water partition coefficient (Wildman–Crippen LogP) is 7.17. The molecule has 0 radical (unpaired) electrons. The van der Waals surface area contributed by atoms with Crippen LogP contribution in [0.4, 0.5) is 0 Å². The van der Waals surface area contributed by atoms with E-state index in [4.69, 9.17) is 0 Å². The minimum absolute atomic E-state index is 0. The molecule has 0 nitrogen and oxygen atoms in total. The Bertz CT molecular complexity index is 2270. The van der Waals surface area contributed by atoms with Gasteiger partial charge in [0.25, 0.3) is 0 Å². The van der Waals surface area contributed by atoms with Crippen molar-refractivity contribution in [3.63, 3.8) is 0 Å². The van der Waals surface area contributed by atoms with Crippen molar-refractivity contribution in [2.24, 2.45) is 0 Å². The summed E-state index contributed by atoms with van der Waals surface area (Å²) in [6.45, 7) is 0. The maximum atomic E-state index is 2.60. The zero-order valence-electron chi connectivity index (χ0n) is 25.3. The molecule has 0 saturated heterocycles. The summed E-state index contributed by atoms with van der Waals surface area (Å²) in [5.74, 6) is 0. The largest absolute Gasteiger partial charge is 1.00 e. The third-order valence-electron chi connectivity index (χ3n) is 9.82. The third-order valence-corrected chi connectivity index (χ3v) is 18.9. The van der Waals surface area contributed by atoms with Gasteiger partial charge in [0, 0.05) is 0 Å². The second kappa shape index (κ2) is 12.3. The van der Waals surface area contributed by atoms with Crippen LogP contribution in [0.1, 0.15) is 30.7 Å². The molecule has 0 amide bonds. The van der Waals surface area contributed by atoms with Crippen LogP contribution in [0.2, 0.25) is 0 Å². The molecule has 2 heterocycles. The molecule has 2 aliphatic carbocycles. The van der Waals surface area contributed by atoms with Crippen LogP contribution >= 0.6 is 15.1 Å². The Morgan fingerprint density at radius 1 is 0.362 bits per heavy atom. The Balaban J connectivity index is 0.00000162. The van der Waals surface area contributed by atoms with Crippen molar-refractivity contribution in [3.05, 3.63) is 168 Å². The summed E-state index contributed by atoms with van der Waals surface area (Å²) in [4.78, 5) is 0. The fourth-order valence-electron chi connectivity index (χ4n) is 7.92. The summed E-state index contributed by atoms with van der Waals surface area (Å²) in [5, 5.41) is 15.2. The maximum absolute atomic E-state index is 2.60. The molecule has 8 aromatic rings. The molecule has 2 unspecified atom stereocenters. The van der Waals surface area contributed by atoms with Crippen molar-refractivity contribution < 1.29 is 44.0 Å². The molecule has 0 aliphatic heterocycles. The van der Waals surface area contributed by atoms with Gasteiger partial charge in [0.1, 0.15) is 0 Å². The molecule has 0 spiro atoms. The van der Waals surface area contributed by atoms with E-state index in [0.717, 1.165) is 0 Å². The van der Waals surface area contributed by atoms with Gasteiger partial charge in [0.05, 0.1) is 0 Å². The van der Waals surface area contributed by atoms with E-state index >= 15 is 0 Å². The van der Waals surface area contributed by atoms with Gasteiger partial charge < -0.3 is 24.8 Å². The average Bonchev–Trinajstić information content (AvgIpc) is 3.83. The van der Waals surface area contributed by atoms with E-state index in [1.165, 1.54) is 53.1 Å². The van der Waals surface area contributed by atoms with Crippen LogP contribution in [0.25, 0.3) is 64.8 Å². The van der Waals surface area contributed by atoms with Crippen LogP contribution in [-0.4, -0.2) is 0 Å². The number of hydrogen-bond acceptors (Lipinski definition) is 0. The average molecular weight is 713 g/mol. The zero-order valence-corrected chi connectivity index (χ0v) is 30.2.